The number of benzene rings is 1. The second-order valence-corrected chi connectivity index (χ2v) is 6.66. The van der Waals surface area contributed by atoms with Crippen LogP contribution in [0.1, 0.15) is 30.9 Å². The van der Waals surface area contributed by atoms with E-state index in [1.165, 1.54) is 0 Å². The van der Waals surface area contributed by atoms with Crippen molar-refractivity contribution in [2.45, 2.75) is 33.1 Å². The lowest BCUT2D eigenvalue weighted by atomic mass is 9.97. The zero-order chi connectivity index (χ0) is 18.2. The number of hydrogen-bond acceptors (Lipinski definition) is 4. The third-order valence-electron chi connectivity index (χ3n) is 4.69. The summed E-state index contributed by atoms with van der Waals surface area (Å²) in [6, 6.07) is 6.06. The van der Waals surface area contributed by atoms with Gasteiger partial charge in [-0.3, -0.25) is 14.5 Å². The van der Waals surface area contributed by atoms with Gasteiger partial charge in [-0.2, -0.15) is 0 Å². The molecule has 0 saturated carbocycles. The topological polar surface area (TPSA) is 87.5 Å². The molecule has 2 amide bonds. The molecular formula is C19H31ClN4O2. The summed E-state index contributed by atoms with van der Waals surface area (Å²) < 4.78 is 0. The van der Waals surface area contributed by atoms with Crippen molar-refractivity contribution >= 4 is 29.9 Å². The first-order chi connectivity index (χ1) is 12.0. The Morgan fingerprint density at radius 2 is 2.12 bits per heavy atom. The van der Waals surface area contributed by atoms with E-state index in [0.717, 1.165) is 42.6 Å². The van der Waals surface area contributed by atoms with Gasteiger partial charge in [-0.15, -0.1) is 12.4 Å². The SMILES string of the molecule is CCc1cccc(C)c1NC(=O)CN1CCCC(C(=O)NCCN)C1.Cl. The molecule has 0 bridgehead atoms. The molecule has 1 aliphatic rings. The molecule has 1 saturated heterocycles. The van der Waals surface area contributed by atoms with Crippen LogP contribution in [-0.2, 0) is 16.0 Å². The lowest BCUT2D eigenvalue weighted by Crippen LogP contribution is -2.46. The van der Waals surface area contributed by atoms with E-state index in [1.807, 2.05) is 25.1 Å². The maximum atomic E-state index is 12.5. The lowest BCUT2D eigenvalue weighted by molar-refractivity contribution is -0.127. The second kappa shape index (κ2) is 11.2. The molecule has 0 aromatic heterocycles. The number of anilines is 1. The van der Waals surface area contributed by atoms with Crippen molar-refractivity contribution in [2.75, 3.05) is 38.0 Å². The highest BCUT2D eigenvalue weighted by atomic mass is 35.5. The molecule has 0 spiro atoms. The third-order valence-corrected chi connectivity index (χ3v) is 4.69. The Labute approximate surface area is 162 Å². The maximum Gasteiger partial charge on any atom is 0.238 e. The molecule has 1 fully saturated rings. The first-order valence-electron chi connectivity index (χ1n) is 9.13. The molecule has 146 valence electrons. The lowest BCUT2D eigenvalue weighted by Gasteiger charge is -2.31. The molecule has 0 aliphatic carbocycles. The largest absolute Gasteiger partial charge is 0.355 e. The number of aryl methyl sites for hydroxylation is 2. The van der Waals surface area contributed by atoms with Gasteiger partial charge in [-0.05, 0) is 43.9 Å². The predicted octanol–water partition coefficient (Wildman–Crippen LogP) is 1.70. The number of nitrogens with zero attached hydrogens (tertiary/aromatic N) is 1. The molecule has 6 nitrogen and oxygen atoms in total. The van der Waals surface area contributed by atoms with Crippen LogP contribution >= 0.6 is 12.4 Å². The highest BCUT2D eigenvalue weighted by Gasteiger charge is 2.26. The molecule has 4 N–H and O–H groups in total. The van der Waals surface area contributed by atoms with Gasteiger partial charge in [-0.1, -0.05) is 25.1 Å². The molecule has 26 heavy (non-hydrogen) atoms. The van der Waals surface area contributed by atoms with Crippen molar-refractivity contribution < 1.29 is 9.59 Å². The summed E-state index contributed by atoms with van der Waals surface area (Å²) in [7, 11) is 0. The van der Waals surface area contributed by atoms with Crippen LogP contribution in [0.5, 0.6) is 0 Å². The standard InChI is InChI=1S/C19H30N4O2.ClH/c1-3-15-7-4-6-14(2)18(15)22-17(24)13-23-11-5-8-16(12-23)19(25)21-10-9-20;/h4,6-7,16H,3,5,8-13,20H2,1-2H3,(H,21,25)(H,22,24);1H. The van der Waals surface area contributed by atoms with E-state index in [0.29, 0.717) is 26.2 Å². The quantitative estimate of drug-likeness (QED) is 0.669. The Kier molecular flexibility index (Phi) is 9.62. The average molecular weight is 383 g/mol. The number of para-hydroxylation sites is 1. The van der Waals surface area contributed by atoms with Crippen molar-refractivity contribution in [3.05, 3.63) is 29.3 Å². The molecule has 1 aromatic carbocycles. The van der Waals surface area contributed by atoms with Crippen molar-refractivity contribution in [3.8, 4) is 0 Å². The number of piperidine rings is 1. The highest BCUT2D eigenvalue weighted by Crippen LogP contribution is 2.21. The Morgan fingerprint density at radius 3 is 2.81 bits per heavy atom. The number of rotatable bonds is 7. The first kappa shape index (κ1) is 22.4. The molecule has 2 rings (SSSR count). The summed E-state index contributed by atoms with van der Waals surface area (Å²) >= 11 is 0. The number of nitrogens with two attached hydrogens (primary N) is 1. The molecule has 1 unspecified atom stereocenters. The van der Waals surface area contributed by atoms with Gasteiger partial charge in [0.25, 0.3) is 0 Å². The molecular weight excluding hydrogens is 352 g/mol. The number of carbonyl (C=O) groups is 2. The van der Waals surface area contributed by atoms with Gasteiger partial charge in [0.05, 0.1) is 12.5 Å². The summed E-state index contributed by atoms with van der Waals surface area (Å²) in [6.07, 6.45) is 2.68. The van der Waals surface area contributed by atoms with Gasteiger partial charge >= 0.3 is 0 Å². The fourth-order valence-corrected chi connectivity index (χ4v) is 3.34. The van der Waals surface area contributed by atoms with Crippen LogP contribution in [0.3, 0.4) is 0 Å². The first-order valence-corrected chi connectivity index (χ1v) is 9.13. The summed E-state index contributed by atoms with van der Waals surface area (Å²) in [6.45, 7) is 6.83. The van der Waals surface area contributed by atoms with E-state index >= 15 is 0 Å². The minimum Gasteiger partial charge on any atom is -0.355 e. The minimum absolute atomic E-state index is 0. The Morgan fingerprint density at radius 1 is 1.35 bits per heavy atom. The highest BCUT2D eigenvalue weighted by molar-refractivity contribution is 5.93. The normalized spacial score (nSPS) is 17.3. The molecule has 7 heteroatoms. The zero-order valence-electron chi connectivity index (χ0n) is 15.7. The van der Waals surface area contributed by atoms with Crippen LogP contribution in [0.25, 0.3) is 0 Å². The van der Waals surface area contributed by atoms with Gasteiger partial charge in [0.15, 0.2) is 0 Å². The van der Waals surface area contributed by atoms with Crippen molar-refractivity contribution in [3.63, 3.8) is 0 Å². The van der Waals surface area contributed by atoms with E-state index in [-0.39, 0.29) is 30.1 Å². The number of nitrogens with one attached hydrogen (secondary N) is 2. The van der Waals surface area contributed by atoms with Crippen LogP contribution in [0.2, 0.25) is 0 Å². The molecule has 0 radical (unpaired) electrons. The van der Waals surface area contributed by atoms with Gasteiger partial charge < -0.3 is 16.4 Å². The summed E-state index contributed by atoms with van der Waals surface area (Å²) in [5.41, 5.74) is 8.57. The molecule has 1 aliphatic heterocycles. The van der Waals surface area contributed by atoms with Crippen molar-refractivity contribution in [1.29, 1.82) is 0 Å². The molecule has 1 heterocycles. The Balaban J connectivity index is 0.00000338. The van der Waals surface area contributed by atoms with E-state index in [2.05, 4.69) is 22.5 Å². The number of hydrogen-bond donors (Lipinski definition) is 3. The molecule has 1 aromatic rings. The molecule has 1 atom stereocenters. The number of halogens is 1. The number of carbonyl (C=O) groups excluding carboxylic acids is 2. The summed E-state index contributed by atoms with van der Waals surface area (Å²) in [5, 5.41) is 5.90. The minimum atomic E-state index is -0.0576. The Hall–Kier alpha value is -1.63. The van der Waals surface area contributed by atoms with E-state index in [9.17, 15) is 9.59 Å². The number of amides is 2. The zero-order valence-corrected chi connectivity index (χ0v) is 16.5. The Bertz CT molecular complexity index is 609. The van der Waals surface area contributed by atoms with Crippen molar-refractivity contribution in [1.82, 2.24) is 10.2 Å². The number of likely N-dealkylation sites (tertiary alicyclic amines) is 1. The van der Waals surface area contributed by atoms with Crippen LogP contribution in [-0.4, -0.2) is 49.4 Å². The summed E-state index contributed by atoms with van der Waals surface area (Å²) in [5.74, 6) is -0.0347. The monoisotopic (exact) mass is 382 g/mol. The smallest absolute Gasteiger partial charge is 0.238 e. The van der Waals surface area contributed by atoms with Crippen molar-refractivity contribution in [2.24, 2.45) is 11.7 Å². The van der Waals surface area contributed by atoms with E-state index in [4.69, 9.17) is 5.73 Å². The third kappa shape index (κ3) is 6.27. The van der Waals surface area contributed by atoms with E-state index < -0.39 is 0 Å². The van der Waals surface area contributed by atoms with Gasteiger partial charge in [-0.25, -0.2) is 0 Å². The summed E-state index contributed by atoms with van der Waals surface area (Å²) in [4.78, 5) is 26.7. The predicted molar refractivity (Wildman–Crippen MR) is 108 cm³/mol. The van der Waals surface area contributed by atoms with Crippen LogP contribution in [0, 0.1) is 12.8 Å². The van der Waals surface area contributed by atoms with Gasteiger partial charge in [0.1, 0.15) is 0 Å². The van der Waals surface area contributed by atoms with E-state index in [1.54, 1.807) is 0 Å². The van der Waals surface area contributed by atoms with Crippen LogP contribution in [0.4, 0.5) is 5.69 Å². The van der Waals surface area contributed by atoms with Gasteiger partial charge in [0, 0.05) is 25.3 Å². The fraction of sp³-hybridized carbons (Fsp3) is 0.579. The van der Waals surface area contributed by atoms with Gasteiger partial charge in [0.2, 0.25) is 11.8 Å². The van der Waals surface area contributed by atoms with Crippen LogP contribution < -0.4 is 16.4 Å². The average Bonchev–Trinajstić information content (AvgIpc) is 2.61. The fourth-order valence-electron chi connectivity index (χ4n) is 3.34. The van der Waals surface area contributed by atoms with Crippen LogP contribution in [0.15, 0.2) is 18.2 Å². The maximum absolute atomic E-state index is 12.5. The second-order valence-electron chi connectivity index (χ2n) is 6.66.